The molecular weight excluding hydrogens is 183 g/mol. The lowest BCUT2D eigenvalue weighted by atomic mass is 10.1. The first kappa shape index (κ1) is 9.79. The maximum Gasteiger partial charge on any atom is 0.280 e. The molecule has 6 heteroatoms. The lowest BCUT2D eigenvalue weighted by Gasteiger charge is -2.07. The number of halogens is 3. The molecule has 13 heavy (non-hydrogen) atoms. The van der Waals surface area contributed by atoms with Gasteiger partial charge in [0.2, 0.25) is 0 Å². The van der Waals surface area contributed by atoms with Crippen LogP contribution in [0.1, 0.15) is 17.7 Å². The Morgan fingerprint density at radius 3 is 2.54 bits per heavy atom. The fourth-order valence-corrected chi connectivity index (χ4v) is 0.943. The van der Waals surface area contributed by atoms with E-state index < -0.39 is 17.9 Å². The van der Waals surface area contributed by atoms with Gasteiger partial charge in [0.15, 0.2) is 5.82 Å². The van der Waals surface area contributed by atoms with Crippen LogP contribution in [0.4, 0.5) is 18.9 Å². The summed E-state index contributed by atoms with van der Waals surface area (Å²) in [6.07, 6.45) is -1.98. The van der Waals surface area contributed by atoms with Gasteiger partial charge >= 0.3 is 0 Å². The van der Waals surface area contributed by atoms with E-state index in [1.807, 2.05) is 0 Å². The molecule has 1 rings (SSSR count). The highest BCUT2D eigenvalue weighted by Gasteiger charge is 2.18. The molecule has 0 spiro atoms. The zero-order valence-corrected chi connectivity index (χ0v) is 6.60. The number of hydrogen-bond acceptors (Lipinski definition) is 3. The number of rotatable bonds is 2. The fourth-order valence-electron chi connectivity index (χ4n) is 0.943. The average molecular weight is 191 g/mol. The Balaban J connectivity index is 3.30. The zero-order valence-electron chi connectivity index (χ0n) is 6.60. The highest BCUT2D eigenvalue weighted by molar-refractivity contribution is 5.42. The number of hydrogen-bond donors (Lipinski definition) is 2. The first-order chi connectivity index (χ1) is 6.07. The van der Waals surface area contributed by atoms with Gasteiger partial charge in [-0.15, -0.1) is 0 Å². The first-order valence-electron chi connectivity index (χ1n) is 3.49. The van der Waals surface area contributed by atoms with Gasteiger partial charge in [-0.25, -0.2) is 13.2 Å². The monoisotopic (exact) mass is 191 g/mol. The van der Waals surface area contributed by atoms with E-state index >= 15 is 0 Å². The molecule has 0 radical (unpaired) electrons. The third-order valence-corrected chi connectivity index (χ3v) is 1.58. The predicted molar refractivity (Wildman–Crippen MR) is 41.5 cm³/mol. The molecule has 0 aliphatic heterocycles. The molecule has 0 aliphatic rings. The van der Waals surface area contributed by atoms with Crippen molar-refractivity contribution in [2.24, 2.45) is 5.73 Å². The highest BCUT2D eigenvalue weighted by Crippen LogP contribution is 2.24. The number of nitrogens with zero attached hydrogens (tertiary/aromatic N) is 1. The molecule has 1 heterocycles. The topological polar surface area (TPSA) is 64.9 Å². The molecule has 3 nitrogen and oxygen atoms in total. The van der Waals surface area contributed by atoms with Crippen molar-refractivity contribution >= 4 is 5.69 Å². The third kappa shape index (κ3) is 1.72. The molecule has 72 valence electrons. The summed E-state index contributed by atoms with van der Waals surface area (Å²) in [6.45, 7) is -0.344. The molecule has 0 bridgehead atoms. The van der Waals surface area contributed by atoms with Crippen molar-refractivity contribution in [3.8, 4) is 0 Å². The van der Waals surface area contributed by atoms with Crippen molar-refractivity contribution in [1.82, 2.24) is 4.98 Å². The SMILES string of the molecule is NCc1c(C(F)F)ncc(N)c1F. The minimum atomic E-state index is -2.84. The Kier molecular flexibility index (Phi) is 2.72. The van der Waals surface area contributed by atoms with E-state index in [1.54, 1.807) is 0 Å². The number of nitrogens with two attached hydrogens (primary N) is 2. The zero-order chi connectivity index (χ0) is 10.0. The number of pyridine rings is 1. The number of nitrogen functional groups attached to an aromatic ring is 1. The summed E-state index contributed by atoms with van der Waals surface area (Å²) in [5, 5.41) is 0. The van der Waals surface area contributed by atoms with Crippen LogP contribution in [0.25, 0.3) is 0 Å². The van der Waals surface area contributed by atoms with Gasteiger partial charge in [0.1, 0.15) is 5.69 Å². The standard InChI is InChI=1S/C7H8F3N3/c8-5-3(1-11)6(7(9)10)13-2-4(5)12/h2,7H,1,11-12H2. The number of alkyl halides is 2. The molecule has 0 atom stereocenters. The molecule has 1 aromatic heterocycles. The summed E-state index contributed by atoms with van der Waals surface area (Å²) in [7, 11) is 0. The van der Waals surface area contributed by atoms with Crippen LogP contribution < -0.4 is 11.5 Å². The summed E-state index contributed by atoms with van der Waals surface area (Å²) in [6, 6.07) is 0. The van der Waals surface area contributed by atoms with Crippen LogP contribution in [0.2, 0.25) is 0 Å². The van der Waals surface area contributed by atoms with Crippen LogP contribution in [0.15, 0.2) is 6.20 Å². The Labute approximate surface area is 72.6 Å². The van der Waals surface area contributed by atoms with E-state index in [9.17, 15) is 13.2 Å². The van der Waals surface area contributed by atoms with E-state index in [1.165, 1.54) is 0 Å². The van der Waals surface area contributed by atoms with E-state index in [-0.39, 0.29) is 17.8 Å². The fraction of sp³-hybridized carbons (Fsp3) is 0.286. The van der Waals surface area contributed by atoms with Crippen molar-refractivity contribution in [3.05, 3.63) is 23.3 Å². The minimum absolute atomic E-state index is 0.273. The van der Waals surface area contributed by atoms with Gasteiger partial charge in [0, 0.05) is 12.1 Å². The van der Waals surface area contributed by atoms with Crippen LogP contribution in [-0.2, 0) is 6.54 Å². The van der Waals surface area contributed by atoms with E-state index in [2.05, 4.69) is 4.98 Å². The summed E-state index contributed by atoms with van der Waals surface area (Å²) in [5.41, 5.74) is 8.97. The largest absolute Gasteiger partial charge is 0.395 e. The minimum Gasteiger partial charge on any atom is -0.395 e. The molecule has 0 aliphatic carbocycles. The molecule has 0 fully saturated rings. The van der Waals surface area contributed by atoms with Gasteiger partial charge in [-0.3, -0.25) is 4.98 Å². The summed E-state index contributed by atoms with van der Waals surface area (Å²) < 4.78 is 37.4. The van der Waals surface area contributed by atoms with Crippen LogP contribution in [0.3, 0.4) is 0 Å². The Morgan fingerprint density at radius 1 is 1.46 bits per heavy atom. The van der Waals surface area contributed by atoms with Crippen molar-refractivity contribution < 1.29 is 13.2 Å². The van der Waals surface area contributed by atoms with Crippen molar-refractivity contribution in [3.63, 3.8) is 0 Å². The van der Waals surface area contributed by atoms with Gasteiger partial charge in [-0.1, -0.05) is 0 Å². The molecule has 0 saturated heterocycles. The van der Waals surface area contributed by atoms with Crippen molar-refractivity contribution in [1.29, 1.82) is 0 Å². The summed E-state index contributed by atoms with van der Waals surface area (Å²) >= 11 is 0. The second-order valence-electron chi connectivity index (χ2n) is 2.40. The number of anilines is 1. The lowest BCUT2D eigenvalue weighted by molar-refractivity contribution is 0.144. The van der Waals surface area contributed by atoms with E-state index in [0.717, 1.165) is 6.20 Å². The van der Waals surface area contributed by atoms with Gasteiger partial charge in [-0.2, -0.15) is 0 Å². The first-order valence-corrected chi connectivity index (χ1v) is 3.49. The van der Waals surface area contributed by atoms with Gasteiger partial charge in [0.25, 0.3) is 6.43 Å². The molecule has 0 unspecified atom stereocenters. The second-order valence-corrected chi connectivity index (χ2v) is 2.40. The Morgan fingerprint density at radius 2 is 2.08 bits per heavy atom. The predicted octanol–water partition coefficient (Wildman–Crippen LogP) is 1.20. The maximum atomic E-state index is 13.0. The normalized spacial score (nSPS) is 10.8. The molecule has 0 aromatic carbocycles. The van der Waals surface area contributed by atoms with Gasteiger partial charge < -0.3 is 11.5 Å². The Hall–Kier alpha value is -1.30. The molecule has 0 amide bonds. The molecule has 1 aromatic rings. The summed E-state index contributed by atoms with van der Waals surface area (Å²) in [5.74, 6) is -0.909. The second kappa shape index (κ2) is 3.61. The van der Waals surface area contributed by atoms with Crippen molar-refractivity contribution in [2.75, 3.05) is 5.73 Å². The van der Waals surface area contributed by atoms with Crippen LogP contribution >= 0.6 is 0 Å². The van der Waals surface area contributed by atoms with Crippen molar-refractivity contribution in [2.45, 2.75) is 13.0 Å². The van der Waals surface area contributed by atoms with Gasteiger partial charge in [-0.05, 0) is 0 Å². The summed E-state index contributed by atoms with van der Waals surface area (Å²) in [4.78, 5) is 3.31. The molecule has 0 saturated carbocycles. The molecular formula is C7H8F3N3. The smallest absolute Gasteiger partial charge is 0.280 e. The van der Waals surface area contributed by atoms with E-state index in [4.69, 9.17) is 11.5 Å². The lowest BCUT2D eigenvalue weighted by Crippen LogP contribution is -2.09. The Bertz CT molecular complexity index is 314. The highest BCUT2D eigenvalue weighted by atomic mass is 19.3. The quantitative estimate of drug-likeness (QED) is 0.738. The van der Waals surface area contributed by atoms with Crippen LogP contribution in [0, 0.1) is 5.82 Å². The van der Waals surface area contributed by atoms with E-state index in [0.29, 0.717) is 0 Å². The van der Waals surface area contributed by atoms with Gasteiger partial charge in [0.05, 0.1) is 11.9 Å². The van der Waals surface area contributed by atoms with Crippen LogP contribution in [-0.4, -0.2) is 4.98 Å². The molecule has 4 N–H and O–H groups in total. The average Bonchev–Trinajstić information content (AvgIpc) is 2.09. The maximum absolute atomic E-state index is 13.0. The number of aromatic nitrogens is 1. The van der Waals surface area contributed by atoms with Crippen LogP contribution in [0.5, 0.6) is 0 Å². The third-order valence-electron chi connectivity index (χ3n) is 1.58.